The van der Waals surface area contributed by atoms with Gasteiger partial charge in [-0.2, -0.15) is 0 Å². The van der Waals surface area contributed by atoms with Crippen molar-refractivity contribution in [2.24, 2.45) is 0 Å². The standard InChI is InChI=1S/C18H19Cl2N3O2/c1-13(24)23(17-4-3-15(19)11-16(17)20)12-18(25)22(2)10-7-14-5-8-21-9-6-14/h3-6,8-9,11H,7,10,12H2,1-2H3. The van der Waals surface area contributed by atoms with Crippen LogP contribution in [0.2, 0.25) is 10.0 Å². The fraction of sp³-hybridized carbons (Fsp3) is 0.278. The highest BCUT2D eigenvalue weighted by atomic mass is 35.5. The van der Waals surface area contributed by atoms with Crippen molar-refractivity contribution in [3.63, 3.8) is 0 Å². The summed E-state index contributed by atoms with van der Waals surface area (Å²) in [5.41, 5.74) is 1.56. The number of likely N-dealkylation sites (N-methyl/N-ethyl adjacent to an activating group) is 1. The summed E-state index contributed by atoms with van der Waals surface area (Å²) in [6.45, 7) is 1.86. The second-order valence-corrected chi connectivity index (χ2v) is 6.47. The third-order valence-corrected chi connectivity index (χ3v) is 4.32. The number of hydrogen-bond donors (Lipinski definition) is 0. The SMILES string of the molecule is CC(=O)N(CC(=O)N(C)CCc1ccncc1)c1ccc(Cl)cc1Cl. The van der Waals surface area contributed by atoms with Crippen LogP contribution < -0.4 is 4.90 Å². The number of carbonyl (C=O) groups excluding carboxylic acids is 2. The van der Waals surface area contributed by atoms with E-state index in [1.165, 1.54) is 11.8 Å². The van der Waals surface area contributed by atoms with Crippen LogP contribution >= 0.6 is 23.2 Å². The molecular weight excluding hydrogens is 361 g/mol. The van der Waals surface area contributed by atoms with Crippen LogP contribution in [0.3, 0.4) is 0 Å². The number of nitrogens with zero attached hydrogens (tertiary/aromatic N) is 3. The van der Waals surface area contributed by atoms with Crippen molar-refractivity contribution in [1.29, 1.82) is 0 Å². The number of amides is 2. The van der Waals surface area contributed by atoms with Gasteiger partial charge in [-0.3, -0.25) is 14.6 Å². The molecule has 2 amide bonds. The van der Waals surface area contributed by atoms with Gasteiger partial charge in [-0.25, -0.2) is 0 Å². The summed E-state index contributed by atoms with van der Waals surface area (Å²) in [6, 6.07) is 8.64. The highest BCUT2D eigenvalue weighted by Gasteiger charge is 2.20. The van der Waals surface area contributed by atoms with Crippen LogP contribution in [0, 0.1) is 0 Å². The molecule has 132 valence electrons. The maximum absolute atomic E-state index is 12.5. The van der Waals surface area contributed by atoms with Gasteiger partial charge in [0.1, 0.15) is 6.54 Å². The first-order chi connectivity index (χ1) is 11.9. The Morgan fingerprint density at radius 2 is 1.80 bits per heavy atom. The predicted molar refractivity (Wildman–Crippen MR) is 100 cm³/mol. The molecular formula is C18H19Cl2N3O2. The fourth-order valence-electron chi connectivity index (χ4n) is 2.29. The molecule has 0 N–H and O–H groups in total. The highest BCUT2D eigenvalue weighted by Crippen LogP contribution is 2.29. The van der Waals surface area contributed by atoms with Gasteiger partial charge < -0.3 is 9.80 Å². The first-order valence-electron chi connectivity index (χ1n) is 7.74. The molecule has 0 radical (unpaired) electrons. The van der Waals surface area contributed by atoms with Gasteiger partial charge in [-0.15, -0.1) is 0 Å². The third kappa shape index (κ3) is 5.44. The molecule has 5 nitrogen and oxygen atoms in total. The summed E-state index contributed by atoms with van der Waals surface area (Å²) in [7, 11) is 1.71. The summed E-state index contributed by atoms with van der Waals surface area (Å²) < 4.78 is 0. The van der Waals surface area contributed by atoms with Crippen molar-refractivity contribution < 1.29 is 9.59 Å². The zero-order valence-electron chi connectivity index (χ0n) is 14.1. The number of carbonyl (C=O) groups is 2. The number of halogens is 2. The lowest BCUT2D eigenvalue weighted by Gasteiger charge is -2.25. The Morgan fingerprint density at radius 3 is 2.40 bits per heavy atom. The molecule has 0 unspecified atom stereocenters. The summed E-state index contributed by atoms with van der Waals surface area (Å²) in [6.07, 6.45) is 4.15. The van der Waals surface area contributed by atoms with Gasteiger partial charge >= 0.3 is 0 Å². The zero-order valence-corrected chi connectivity index (χ0v) is 15.6. The molecule has 0 bridgehead atoms. The molecule has 1 aromatic carbocycles. The summed E-state index contributed by atoms with van der Waals surface area (Å²) in [4.78, 5) is 31.4. The van der Waals surface area contributed by atoms with Gasteiger partial charge in [-0.1, -0.05) is 23.2 Å². The molecule has 7 heteroatoms. The van der Waals surface area contributed by atoms with Gasteiger partial charge in [-0.05, 0) is 42.3 Å². The van der Waals surface area contributed by atoms with Gasteiger partial charge in [0.2, 0.25) is 11.8 Å². The topological polar surface area (TPSA) is 53.5 Å². The van der Waals surface area contributed by atoms with Crippen LogP contribution in [0.15, 0.2) is 42.7 Å². The maximum Gasteiger partial charge on any atom is 0.242 e. The van der Waals surface area contributed by atoms with Gasteiger partial charge in [0, 0.05) is 37.9 Å². The lowest BCUT2D eigenvalue weighted by atomic mass is 10.2. The highest BCUT2D eigenvalue weighted by molar-refractivity contribution is 6.36. The molecule has 0 atom stereocenters. The largest absolute Gasteiger partial charge is 0.344 e. The van der Waals surface area contributed by atoms with E-state index in [1.54, 1.807) is 42.5 Å². The molecule has 1 heterocycles. The van der Waals surface area contributed by atoms with Crippen molar-refractivity contribution in [1.82, 2.24) is 9.88 Å². The van der Waals surface area contributed by atoms with Crippen molar-refractivity contribution in [2.75, 3.05) is 25.0 Å². The Morgan fingerprint density at radius 1 is 1.12 bits per heavy atom. The Labute approximate surface area is 157 Å². The molecule has 2 rings (SSSR count). The van der Waals surface area contributed by atoms with E-state index in [2.05, 4.69) is 4.98 Å². The second-order valence-electron chi connectivity index (χ2n) is 5.62. The average Bonchev–Trinajstić information content (AvgIpc) is 2.58. The number of aromatic nitrogens is 1. The summed E-state index contributed by atoms with van der Waals surface area (Å²) in [5, 5.41) is 0.799. The van der Waals surface area contributed by atoms with Crippen LogP contribution in [-0.4, -0.2) is 41.8 Å². The molecule has 0 fully saturated rings. The van der Waals surface area contributed by atoms with E-state index in [0.29, 0.717) is 28.7 Å². The van der Waals surface area contributed by atoms with Crippen LogP contribution in [0.5, 0.6) is 0 Å². The van der Waals surface area contributed by atoms with E-state index >= 15 is 0 Å². The average molecular weight is 380 g/mol. The van der Waals surface area contributed by atoms with Gasteiger partial charge in [0.05, 0.1) is 10.7 Å². The lowest BCUT2D eigenvalue weighted by molar-refractivity contribution is -0.130. The first-order valence-corrected chi connectivity index (χ1v) is 8.50. The van der Waals surface area contributed by atoms with Crippen molar-refractivity contribution in [3.05, 3.63) is 58.3 Å². The summed E-state index contributed by atoms with van der Waals surface area (Å²) >= 11 is 12.1. The van der Waals surface area contributed by atoms with Gasteiger partial charge in [0.15, 0.2) is 0 Å². The Bertz CT molecular complexity index is 753. The fourth-order valence-corrected chi connectivity index (χ4v) is 2.80. The zero-order chi connectivity index (χ0) is 18.4. The Kier molecular flexibility index (Phi) is 6.79. The summed E-state index contributed by atoms with van der Waals surface area (Å²) in [5.74, 6) is -0.435. The van der Waals surface area contributed by atoms with Gasteiger partial charge in [0.25, 0.3) is 0 Å². The smallest absolute Gasteiger partial charge is 0.242 e. The third-order valence-electron chi connectivity index (χ3n) is 3.79. The predicted octanol–water partition coefficient (Wildman–Crippen LogP) is 3.44. The number of rotatable bonds is 6. The molecule has 25 heavy (non-hydrogen) atoms. The van der Waals surface area contributed by atoms with E-state index < -0.39 is 0 Å². The second kappa shape index (κ2) is 8.83. The van der Waals surface area contributed by atoms with Crippen molar-refractivity contribution in [3.8, 4) is 0 Å². The number of anilines is 1. The van der Waals surface area contributed by atoms with E-state index in [0.717, 1.165) is 5.56 Å². The number of hydrogen-bond acceptors (Lipinski definition) is 3. The molecule has 0 aliphatic rings. The maximum atomic E-state index is 12.5. The van der Waals surface area contributed by atoms with E-state index in [-0.39, 0.29) is 18.4 Å². The molecule has 0 spiro atoms. The lowest BCUT2D eigenvalue weighted by Crippen LogP contribution is -2.41. The van der Waals surface area contributed by atoms with E-state index in [4.69, 9.17) is 23.2 Å². The molecule has 0 saturated carbocycles. The Hall–Kier alpha value is -2.11. The number of pyridine rings is 1. The molecule has 0 aliphatic carbocycles. The minimum absolute atomic E-state index is 0.0798. The van der Waals surface area contributed by atoms with E-state index in [1.807, 2.05) is 12.1 Å². The van der Waals surface area contributed by atoms with E-state index in [9.17, 15) is 9.59 Å². The molecule has 0 saturated heterocycles. The van der Waals surface area contributed by atoms with Crippen LogP contribution in [0.25, 0.3) is 0 Å². The molecule has 1 aromatic heterocycles. The normalized spacial score (nSPS) is 10.4. The van der Waals surface area contributed by atoms with Crippen molar-refractivity contribution in [2.45, 2.75) is 13.3 Å². The van der Waals surface area contributed by atoms with Crippen molar-refractivity contribution >= 4 is 40.7 Å². The molecule has 2 aromatic rings. The van der Waals surface area contributed by atoms with Crippen LogP contribution in [0.1, 0.15) is 12.5 Å². The quantitative estimate of drug-likeness (QED) is 0.772. The Balaban J connectivity index is 2.03. The molecule has 0 aliphatic heterocycles. The minimum atomic E-state index is -0.264. The first kappa shape index (κ1) is 19.2. The van der Waals surface area contributed by atoms with Crippen LogP contribution in [-0.2, 0) is 16.0 Å². The van der Waals surface area contributed by atoms with Crippen LogP contribution in [0.4, 0.5) is 5.69 Å². The monoisotopic (exact) mass is 379 g/mol. The minimum Gasteiger partial charge on any atom is -0.344 e. The number of benzene rings is 1.